The third kappa shape index (κ3) is 3.73. The predicted molar refractivity (Wildman–Crippen MR) is 99.4 cm³/mol. The van der Waals surface area contributed by atoms with Gasteiger partial charge in [0.25, 0.3) is 5.69 Å². The van der Waals surface area contributed by atoms with Crippen LogP contribution in [0.4, 0.5) is 5.69 Å². The predicted octanol–water partition coefficient (Wildman–Crippen LogP) is 4.05. The zero-order valence-electron chi connectivity index (χ0n) is 14.7. The molecule has 1 heterocycles. The molecule has 1 aliphatic rings. The number of benzene rings is 2. The van der Waals surface area contributed by atoms with Crippen molar-refractivity contribution in [2.24, 2.45) is 0 Å². The molecule has 0 aliphatic carbocycles. The van der Waals surface area contributed by atoms with Gasteiger partial charge in [-0.15, -0.1) is 0 Å². The summed E-state index contributed by atoms with van der Waals surface area (Å²) in [5.41, 5.74) is 0.361. The lowest BCUT2D eigenvalue weighted by atomic mass is 9.79. The Labute approximate surface area is 152 Å². The SMILES string of the molecule is CC1(C)OB(c2ccc(Sc3ccc([N+](=O)[O-])cc3)cc2)OC1(C)C. The maximum Gasteiger partial charge on any atom is 0.494 e. The van der Waals surface area contributed by atoms with Gasteiger partial charge in [-0.1, -0.05) is 23.9 Å². The van der Waals surface area contributed by atoms with E-state index >= 15 is 0 Å². The van der Waals surface area contributed by atoms with Crippen molar-refractivity contribution in [1.82, 2.24) is 0 Å². The molecule has 1 saturated heterocycles. The van der Waals surface area contributed by atoms with Crippen molar-refractivity contribution >= 4 is 30.0 Å². The second-order valence-corrected chi connectivity index (χ2v) is 8.16. The Kier molecular flexibility index (Phi) is 4.66. The molecule has 0 aromatic heterocycles. The topological polar surface area (TPSA) is 61.6 Å². The van der Waals surface area contributed by atoms with Crippen molar-refractivity contribution in [2.75, 3.05) is 0 Å². The van der Waals surface area contributed by atoms with Crippen LogP contribution < -0.4 is 5.46 Å². The molecular formula is C18H20BNO4S. The number of nitro benzene ring substituents is 1. The van der Waals surface area contributed by atoms with Crippen LogP contribution in [0.25, 0.3) is 0 Å². The molecule has 130 valence electrons. The fourth-order valence-electron chi connectivity index (χ4n) is 2.44. The van der Waals surface area contributed by atoms with Crippen LogP contribution in [-0.4, -0.2) is 23.2 Å². The van der Waals surface area contributed by atoms with Crippen LogP contribution in [0.2, 0.25) is 0 Å². The zero-order chi connectivity index (χ0) is 18.2. The smallest absolute Gasteiger partial charge is 0.399 e. The molecule has 3 rings (SSSR count). The van der Waals surface area contributed by atoms with E-state index in [1.807, 2.05) is 52.0 Å². The van der Waals surface area contributed by atoms with Crippen LogP contribution in [0.15, 0.2) is 58.3 Å². The molecule has 0 saturated carbocycles. The van der Waals surface area contributed by atoms with Gasteiger partial charge in [0.2, 0.25) is 0 Å². The highest BCUT2D eigenvalue weighted by Gasteiger charge is 2.51. The Morgan fingerprint density at radius 2 is 1.32 bits per heavy atom. The minimum Gasteiger partial charge on any atom is -0.399 e. The van der Waals surface area contributed by atoms with Gasteiger partial charge in [-0.25, -0.2) is 0 Å². The molecule has 1 fully saturated rings. The molecule has 5 nitrogen and oxygen atoms in total. The average molecular weight is 357 g/mol. The summed E-state index contributed by atoms with van der Waals surface area (Å²) in [6.45, 7) is 8.13. The van der Waals surface area contributed by atoms with Crippen LogP contribution in [-0.2, 0) is 9.31 Å². The van der Waals surface area contributed by atoms with E-state index in [9.17, 15) is 10.1 Å². The summed E-state index contributed by atoms with van der Waals surface area (Å²) >= 11 is 1.55. The highest BCUT2D eigenvalue weighted by atomic mass is 32.2. The van der Waals surface area contributed by atoms with Crippen LogP contribution >= 0.6 is 11.8 Å². The lowest BCUT2D eigenvalue weighted by molar-refractivity contribution is -0.384. The van der Waals surface area contributed by atoms with E-state index in [4.69, 9.17) is 9.31 Å². The number of hydrogen-bond acceptors (Lipinski definition) is 5. The Balaban J connectivity index is 1.70. The maximum absolute atomic E-state index is 10.7. The molecule has 0 spiro atoms. The highest BCUT2D eigenvalue weighted by Crippen LogP contribution is 2.36. The summed E-state index contributed by atoms with van der Waals surface area (Å²) in [5, 5.41) is 10.7. The van der Waals surface area contributed by atoms with E-state index in [1.54, 1.807) is 23.9 Å². The fourth-order valence-corrected chi connectivity index (χ4v) is 3.26. The summed E-state index contributed by atoms with van der Waals surface area (Å²) in [6.07, 6.45) is 0. The van der Waals surface area contributed by atoms with Gasteiger partial charge in [-0.2, -0.15) is 0 Å². The third-order valence-corrected chi connectivity index (χ3v) is 5.70. The van der Waals surface area contributed by atoms with Crippen LogP contribution in [0.3, 0.4) is 0 Å². The molecular weight excluding hydrogens is 337 g/mol. The van der Waals surface area contributed by atoms with E-state index < -0.39 is 4.92 Å². The maximum atomic E-state index is 10.7. The number of rotatable bonds is 4. The summed E-state index contributed by atoms with van der Waals surface area (Å²) in [5.74, 6) is 0. The Morgan fingerprint density at radius 1 is 0.880 bits per heavy atom. The molecule has 0 amide bonds. The first-order chi connectivity index (χ1) is 11.7. The Hall–Kier alpha value is -1.83. The van der Waals surface area contributed by atoms with Gasteiger partial charge >= 0.3 is 7.12 Å². The van der Waals surface area contributed by atoms with Crippen LogP contribution in [0.1, 0.15) is 27.7 Å². The number of nitro groups is 1. The molecule has 7 heteroatoms. The van der Waals surface area contributed by atoms with Crippen LogP contribution in [0.5, 0.6) is 0 Å². The molecule has 0 unspecified atom stereocenters. The van der Waals surface area contributed by atoms with Gasteiger partial charge in [0.1, 0.15) is 0 Å². The first-order valence-electron chi connectivity index (χ1n) is 8.06. The van der Waals surface area contributed by atoms with Gasteiger partial charge in [0.05, 0.1) is 16.1 Å². The third-order valence-electron chi connectivity index (χ3n) is 4.69. The molecule has 0 bridgehead atoms. The Morgan fingerprint density at radius 3 is 1.76 bits per heavy atom. The minimum atomic E-state index is -0.395. The van der Waals surface area contributed by atoms with Gasteiger partial charge in [-0.3, -0.25) is 10.1 Å². The first kappa shape index (κ1) is 18.0. The van der Waals surface area contributed by atoms with Crippen molar-refractivity contribution in [3.05, 3.63) is 58.6 Å². The number of hydrogen-bond donors (Lipinski definition) is 0. The molecule has 25 heavy (non-hydrogen) atoms. The van der Waals surface area contributed by atoms with Crippen LogP contribution in [0, 0.1) is 10.1 Å². The first-order valence-corrected chi connectivity index (χ1v) is 8.87. The van der Waals surface area contributed by atoms with Crippen molar-refractivity contribution in [1.29, 1.82) is 0 Å². The Bertz CT molecular complexity index is 759. The number of nitrogens with zero attached hydrogens (tertiary/aromatic N) is 1. The van der Waals surface area contributed by atoms with Gasteiger partial charge in [0, 0.05) is 21.9 Å². The lowest BCUT2D eigenvalue weighted by Crippen LogP contribution is -2.41. The second kappa shape index (κ2) is 6.48. The molecule has 2 aromatic carbocycles. The quantitative estimate of drug-likeness (QED) is 0.469. The molecule has 1 aliphatic heterocycles. The van der Waals surface area contributed by atoms with Crippen molar-refractivity contribution in [3.8, 4) is 0 Å². The van der Waals surface area contributed by atoms with Crippen molar-refractivity contribution in [2.45, 2.75) is 48.7 Å². The minimum absolute atomic E-state index is 0.0976. The van der Waals surface area contributed by atoms with E-state index in [2.05, 4.69) is 0 Å². The summed E-state index contributed by atoms with van der Waals surface area (Å²) < 4.78 is 12.1. The summed E-state index contributed by atoms with van der Waals surface area (Å²) in [7, 11) is -0.372. The van der Waals surface area contributed by atoms with E-state index in [0.29, 0.717) is 0 Å². The lowest BCUT2D eigenvalue weighted by Gasteiger charge is -2.32. The zero-order valence-corrected chi connectivity index (χ0v) is 15.5. The normalized spacial score (nSPS) is 18.3. The van der Waals surface area contributed by atoms with E-state index in [-0.39, 0.29) is 24.0 Å². The summed E-state index contributed by atoms with van der Waals surface area (Å²) in [6, 6.07) is 14.5. The summed E-state index contributed by atoms with van der Waals surface area (Å²) in [4.78, 5) is 12.3. The molecule has 0 atom stereocenters. The van der Waals surface area contributed by atoms with E-state index in [1.165, 1.54) is 12.1 Å². The second-order valence-electron chi connectivity index (χ2n) is 7.01. The monoisotopic (exact) mass is 357 g/mol. The molecule has 0 N–H and O–H groups in total. The number of non-ortho nitro benzene ring substituents is 1. The molecule has 2 aromatic rings. The fraction of sp³-hybridized carbons (Fsp3) is 0.333. The van der Waals surface area contributed by atoms with E-state index in [0.717, 1.165) is 15.3 Å². The van der Waals surface area contributed by atoms with Crippen molar-refractivity contribution in [3.63, 3.8) is 0 Å². The highest BCUT2D eigenvalue weighted by molar-refractivity contribution is 7.99. The van der Waals surface area contributed by atoms with Crippen molar-refractivity contribution < 1.29 is 14.2 Å². The average Bonchev–Trinajstić information content (AvgIpc) is 2.76. The molecule has 0 radical (unpaired) electrons. The van der Waals surface area contributed by atoms with Gasteiger partial charge in [-0.05, 0) is 57.4 Å². The van der Waals surface area contributed by atoms with Gasteiger partial charge in [0.15, 0.2) is 0 Å². The standard InChI is InChI=1S/C18H20BNO4S/c1-17(2)18(3,4)24-19(23-17)13-5-9-15(10-6-13)25-16-11-7-14(8-12-16)20(21)22/h5-12H,1-4H3. The largest absolute Gasteiger partial charge is 0.494 e. The van der Waals surface area contributed by atoms with Gasteiger partial charge < -0.3 is 9.31 Å².